The molecule has 0 saturated heterocycles. The second-order valence-electron chi connectivity index (χ2n) is 3.83. The lowest BCUT2D eigenvalue weighted by Gasteiger charge is -2.06. The highest BCUT2D eigenvalue weighted by atomic mass is 79.9. The zero-order valence-corrected chi connectivity index (χ0v) is 11.2. The molecule has 1 heterocycles. The van der Waals surface area contributed by atoms with Crippen LogP contribution in [-0.4, -0.2) is 10.9 Å². The molecule has 0 saturated carbocycles. The van der Waals surface area contributed by atoms with Crippen molar-refractivity contribution in [3.05, 3.63) is 58.3 Å². The van der Waals surface area contributed by atoms with Crippen LogP contribution in [0, 0.1) is 11.6 Å². The Kier molecular flexibility index (Phi) is 4.21. The van der Waals surface area contributed by atoms with E-state index in [4.69, 9.17) is 0 Å². The molecule has 1 aromatic carbocycles. The molecule has 1 amide bonds. The monoisotopic (exact) mass is 326 g/mol. The number of aromatic nitrogens is 1. The molecule has 0 bridgehead atoms. The van der Waals surface area contributed by atoms with Gasteiger partial charge in [0.25, 0.3) is 0 Å². The number of rotatable bonds is 3. The zero-order chi connectivity index (χ0) is 13.8. The number of hydrogen-bond acceptors (Lipinski definition) is 2. The van der Waals surface area contributed by atoms with E-state index >= 15 is 0 Å². The van der Waals surface area contributed by atoms with Crippen LogP contribution in [-0.2, 0) is 11.2 Å². The minimum Gasteiger partial charge on any atom is -0.324 e. The van der Waals surface area contributed by atoms with Gasteiger partial charge in [0.2, 0.25) is 5.91 Å². The summed E-state index contributed by atoms with van der Waals surface area (Å²) in [6, 6.07) is 6.46. The first kappa shape index (κ1) is 13.6. The maximum absolute atomic E-state index is 13.4. The minimum absolute atomic E-state index is 0.143. The molecule has 0 unspecified atom stereocenters. The van der Waals surface area contributed by atoms with Crippen LogP contribution < -0.4 is 5.32 Å². The van der Waals surface area contributed by atoms with Gasteiger partial charge in [0.15, 0.2) is 0 Å². The maximum atomic E-state index is 13.4. The second kappa shape index (κ2) is 5.88. The van der Waals surface area contributed by atoms with Gasteiger partial charge in [-0.15, -0.1) is 0 Å². The fourth-order valence-corrected chi connectivity index (χ4v) is 1.73. The standard InChI is InChI=1S/C13H9BrF2N2O/c14-12-4-3-10(7-17-12)18-13(19)5-8-1-2-9(15)6-11(8)16/h1-4,6-7H,5H2,(H,18,19). The molecule has 98 valence electrons. The summed E-state index contributed by atoms with van der Waals surface area (Å²) >= 11 is 3.17. The Hall–Kier alpha value is -1.82. The van der Waals surface area contributed by atoms with Gasteiger partial charge in [-0.05, 0) is 39.7 Å². The molecule has 19 heavy (non-hydrogen) atoms. The number of nitrogens with one attached hydrogen (secondary N) is 1. The third kappa shape index (κ3) is 3.82. The van der Waals surface area contributed by atoms with Crippen LogP contribution in [0.5, 0.6) is 0 Å². The third-order valence-corrected chi connectivity index (χ3v) is 2.85. The van der Waals surface area contributed by atoms with Gasteiger partial charge in [-0.1, -0.05) is 6.07 Å². The van der Waals surface area contributed by atoms with Crippen molar-refractivity contribution in [2.45, 2.75) is 6.42 Å². The summed E-state index contributed by atoms with van der Waals surface area (Å²) in [7, 11) is 0. The van der Waals surface area contributed by atoms with E-state index in [1.807, 2.05) is 0 Å². The molecule has 1 N–H and O–H groups in total. The summed E-state index contributed by atoms with van der Waals surface area (Å²) in [4.78, 5) is 15.6. The Morgan fingerprint density at radius 3 is 2.68 bits per heavy atom. The van der Waals surface area contributed by atoms with Gasteiger partial charge in [-0.2, -0.15) is 0 Å². The van der Waals surface area contributed by atoms with Crippen LogP contribution in [0.15, 0.2) is 41.1 Å². The molecule has 0 atom stereocenters. The SMILES string of the molecule is O=C(Cc1ccc(F)cc1F)Nc1ccc(Br)nc1. The molecular weight excluding hydrogens is 318 g/mol. The number of carbonyl (C=O) groups is 1. The number of pyridine rings is 1. The van der Waals surface area contributed by atoms with E-state index in [1.54, 1.807) is 12.1 Å². The average molecular weight is 327 g/mol. The van der Waals surface area contributed by atoms with E-state index in [2.05, 4.69) is 26.2 Å². The lowest BCUT2D eigenvalue weighted by atomic mass is 10.1. The number of benzene rings is 1. The molecule has 0 aliphatic carbocycles. The predicted molar refractivity (Wildman–Crippen MR) is 70.6 cm³/mol. The number of anilines is 1. The first-order chi connectivity index (χ1) is 9.04. The van der Waals surface area contributed by atoms with Crippen molar-refractivity contribution in [3.63, 3.8) is 0 Å². The molecule has 0 aliphatic rings. The quantitative estimate of drug-likeness (QED) is 0.879. The highest BCUT2D eigenvalue weighted by molar-refractivity contribution is 9.10. The Bertz CT molecular complexity index is 602. The van der Waals surface area contributed by atoms with E-state index in [0.29, 0.717) is 10.3 Å². The smallest absolute Gasteiger partial charge is 0.228 e. The molecule has 3 nitrogen and oxygen atoms in total. The van der Waals surface area contributed by atoms with Gasteiger partial charge >= 0.3 is 0 Å². The molecule has 1 aromatic heterocycles. The van der Waals surface area contributed by atoms with E-state index in [-0.39, 0.29) is 12.0 Å². The van der Waals surface area contributed by atoms with Crippen molar-refractivity contribution < 1.29 is 13.6 Å². The van der Waals surface area contributed by atoms with Crippen LogP contribution in [0.1, 0.15) is 5.56 Å². The summed E-state index contributed by atoms with van der Waals surface area (Å²) < 4.78 is 26.7. The van der Waals surface area contributed by atoms with Crippen molar-refractivity contribution in [3.8, 4) is 0 Å². The van der Waals surface area contributed by atoms with Crippen molar-refractivity contribution >= 4 is 27.5 Å². The van der Waals surface area contributed by atoms with Crippen molar-refractivity contribution in [2.24, 2.45) is 0 Å². The Morgan fingerprint density at radius 2 is 2.05 bits per heavy atom. The summed E-state index contributed by atoms with van der Waals surface area (Å²) in [6.07, 6.45) is 1.31. The first-order valence-electron chi connectivity index (χ1n) is 5.40. The predicted octanol–water partition coefficient (Wildman–Crippen LogP) is 3.30. The minimum atomic E-state index is -0.732. The van der Waals surface area contributed by atoms with Gasteiger partial charge < -0.3 is 5.32 Å². The normalized spacial score (nSPS) is 10.3. The van der Waals surface area contributed by atoms with Crippen LogP contribution in [0.4, 0.5) is 14.5 Å². The summed E-state index contributed by atoms with van der Waals surface area (Å²) in [5.74, 6) is -1.79. The number of amides is 1. The molecule has 0 fully saturated rings. The highest BCUT2D eigenvalue weighted by Gasteiger charge is 2.09. The van der Waals surface area contributed by atoms with Crippen LogP contribution in [0.3, 0.4) is 0 Å². The maximum Gasteiger partial charge on any atom is 0.228 e. The molecule has 0 radical (unpaired) electrons. The Morgan fingerprint density at radius 1 is 1.26 bits per heavy atom. The molecule has 6 heteroatoms. The fourth-order valence-electron chi connectivity index (χ4n) is 1.49. The van der Waals surface area contributed by atoms with Gasteiger partial charge in [-0.25, -0.2) is 13.8 Å². The average Bonchev–Trinajstić information content (AvgIpc) is 2.36. The summed E-state index contributed by atoms with van der Waals surface area (Å²) in [5.41, 5.74) is 0.652. The molecule has 0 aliphatic heterocycles. The highest BCUT2D eigenvalue weighted by Crippen LogP contribution is 2.13. The lowest BCUT2D eigenvalue weighted by molar-refractivity contribution is -0.115. The first-order valence-corrected chi connectivity index (χ1v) is 6.19. The Balaban J connectivity index is 2.03. The van der Waals surface area contributed by atoms with Crippen molar-refractivity contribution in [2.75, 3.05) is 5.32 Å². The number of nitrogens with zero attached hydrogens (tertiary/aromatic N) is 1. The van der Waals surface area contributed by atoms with E-state index in [9.17, 15) is 13.6 Å². The van der Waals surface area contributed by atoms with E-state index in [1.165, 1.54) is 12.3 Å². The summed E-state index contributed by atoms with van der Waals surface area (Å²) in [6.45, 7) is 0. The van der Waals surface area contributed by atoms with Gasteiger partial charge in [0, 0.05) is 6.07 Å². The van der Waals surface area contributed by atoms with Crippen LogP contribution in [0.25, 0.3) is 0 Å². The van der Waals surface area contributed by atoms with Gasteiger partial charge in [0.05, 0.1) is 18.3 Å². The summed E-state index contributed by atoms with van der Waals surface area (Å²) in [5, 5.41) is 2.58. The van der Waals surface area contributed by atoms with E-state index in [0.717, 1.165) is 12.1 Å². The van der Waals surface area contributed by atoms with Crippen molar-refractivity contribution in [1.29, 1.82) is 0 Å². The van der Waals surface area contributed by atoms with E-state index < -0.39 is 17.5 Å². The third-order valence-electron chi connectivity index (χ3n) is 2.38. The van der Waals surface area contributed by atoms with Gasteiger partial charge in [-0.3, -0.25) is 4.79 Å². The van der Waals surface area contributed by atoms with Crippen LogP contribution >= 0.6 is 15.9 Å². The lowest BCUT2D eigenvalue weighted by Crippen LogP contribution is -2.15. The zero-order valence-electron chi connectivity index (χ0n) is 9.66. The fraction of sp³-hybridized carbons (Fsp3) is 0.0769. The molecule has 2 aromatic rings. The molecular formula is C13H9BrF2N2O. The topological polar surface area (TPSA) is 42.0 Å². The second-order valence-corrected chi connectivity index (χ2v) is 4.64. The number of halogens is 3. The largest absolute Gasteiger partial charge is 0.324 e. The number of carbonyl (C=O) groups excluding carboxylic acids is 1. The number of hydrogen-bond donors (Lipinski definition) is 1. The Labute approximate surface area is 116 Å². The van der Waals surface area contributed by atoms with Gasteiger partial charge in [0.1, 0.15) is 16.2 Å². The van der Waals surface area contributed by atoms with Crippen LogP contribution in [0.2, 0.25) is 0 Å². The van der Waals surface area contributed by atoms with Crippen molar-refractivity contribution in [1.82, 2.24) is 4.98 Å². The molecule has 0 spiro atoms. The molecule has 2 rings (SSSR count).